The van der Waals surface area contributed by atoms with Gasteiger partial charge in [0.25, 0.3) is 6.43 Å². The Kier molecular flexibility index (Phi) is 10.2. The number of hydrogen-bond donors (Lipinski definition) is 2. The Labute approximate surface area is 255 Å². The number of amides is 1. The van der Waals surface area contributed by atoms with Crippen LogP contribution in [0.4, 0.5) is 13.2 Å². The van der Waals surface area contributed by atoms with Crippen LogP contribution in [0.2, 0.25) is 0 Å². The lowest BCUT2D eigenvalue weighted by Gasteiger charge is -2.35. The number of nitrogens with one attached hydrogen (secondary N) is 1. The summed E-state index contributed by atoms with van der Waals surface area (Å²) in [5, 5.41) is 14.6. The molecule has 6 atom stereocenters. The fraction of sp³-hybridized carbons (Fsp3) is 0.444. The number of esters is 1. The molecule has 2 heterocycles. The van der Waals surface area contributed by atoms with Crippen LogP contribution in [0.15, 0.2) is 53.7 Å². The Balaban J connectivity index is 1.63. The van der Waals surface area contributed by atoms with Crippen molar-refractivity contribution in [3.63, 3.8) is 0 Å². The van der Waals surface area contributed by atoms with E-state index < -0.39 is 85.0 Å². The first-order valence-electron chi connectivity index (χ1n) is 13.1. The maximum atomic E-state index is 15.3. The highest BCUT2D eigenvalue weighted by atomic mass is 35.5. The van der Waals surface area contributed by atoms with Gasteiger partial charge < -0.3 is 23.6 Å². The number of hydrogen-bond acceptors (Lipinski definition) is 9. The van der Waals surface area contributed by atoms with E-state index in [1.54, 1.807) is 44.2 Å². The van der Waals surface area contributed by atoms with Gasteiger partial charge in [0.05, 0.1) is 19.1 Å². The lowest BCUT2D eigenvalue weighted by Crippen LogP contribution is -2.52. The number of ether oxygens (including phenoxy) is 2. The van der Waals surface area contributed by atoms with Crippen LogP contribution in [-0.2, 0) is 40.2 Å². The highest BCUT2D eigenvalue weighted by Gasteiger charge is 2.63. The van der Waals surface area contributed by atoms with Gasteiger partial charge in [0.2, 0.25) is 5.91 Å². The van der Waals surface area contributed by atoms with E-state index >= 15 is 4.39 Å². The zero-order chi connectivity index (χ0) is 31.7. The third-order valence-corrected chi connectivity index (χ3v) is 9.43. The van der Waals surface area contributed by atoms with Crippen LogP contribution >= 0.6 is 18.2 Å². The molecule has 0 saturated carbocycles. The molecule has 2 aliphatic heterocycles. The minimum Gasteiger partial charge on any atom is -0.462 e. The third-order valence-electron chi connectivity index (χ3n) is 6.64. The number of ketones is 1. The number of carbonyl (C=O) groups is 3. The summed E-state index contributed by atoms with van der Waals surface area (Å²) in [4.78, 5) is 37.3. The molecular formula is C27H29ClF3N2O8PS. The van der Waals surface area contributed by atoms with Gasteiger partial charge in [-0.1, -0.05) is 41.9 Å². The molecule has 0 aromatic heterocycles. The Morgan fingerprint density at radius 3 is 2.56 bits per heavy atom. The molecule has 2 aromatic rings. The maximum absolute atomic E-state index is 15.3. The van der Waals surface area contributed by atoms with Crippen LogP contribution in [0.1, 0.15) is 27.2 Å². The molecule has 2 aliphatic rings. The van der Waals surface area contributed by atoms with Crippen molar-refractivity contribution in [1.29, 1.82) is 0 Å². The number of Topliss-reactive ketones (excluding diaryl/α,β-unsaturated/α-hetero) is 1. The monoisotopic (exact) mass is 664 g/mol. The molecule has 2 N–H and O–H groups in total. The van der Waals surface area contributed by atoms with Crippen molar-refractivity contribution in [2.24, 2.45) is 0 Å². The Bertz CT molecular complexity index is 1480. The average Bonchev–Trinajstić information content (AvgIpc) is 3.19. The quantitative estimate of drug-likeness (QED) is 0.204. The second-order valence-corrected chi connectivity index (χ2v) is 13.8. The molecule has 1 fully saturated rings. The van der Waals surface area contributed by atoms with Crippen molar-refractivity contribution in [2.45, 2.75) is 69.9 Å². The normalized spacial score (nSPS) is 26.5. The number of halogens is 4. The van der Waals surface area contributed by atoms with Crippen molar-refractivity contribution in [3.8, 4) is 5.75 Å². The van der Waals surface area contributed by atoms with Gasteiger partial charge in [0.1, 0.15) is 22.9 Å². The predicted octanol–water partition coefficient (Wildman–Crippen LogP) is 4.33. The highest BCUT2D eigenvalue weighted by molar-refractivity contribution is 8.09. The molecule has 16 heteroatoms. The molecule has 4 rings (SSSR count). The highest BCUT2D eigenvalue weighted by Crippen LogP contribution is 2.49. The fourth-order valence-corrected chi connectivity index (χ4v) is 7.00. The molecule has 2 aromatic carbocycles. The molecule has 43 heavy (non-hydrogen) atoms. The Morgan fingerprint density at radius 2 is 1.91 bits per heavy atom. The van der Waals surface area contributed by atoms with Gasteiger partial charge in [0.15, 0.2) is 23.8 Å². The summed E-state index contributed by atoms with van der Waals surface area (Å²) in [6, 6.07) is 11.1. The second-order valence-electron chi connectivity index (χ2n) is 10.2. The van der Waals surface area contributed by atoms with Gasteiger partial charge in [-0.3, -0.25) is 19.3 Å². The zero-order valence-corrected chi connectivity index (χ0v) is 25.6. The zero-order valence-electron chi connectivity index (χ0n) is 23.1. The van der Waals surface area contributed by atoms with E-state index in [-0.39, 0.29) is 5.75 Å². The first-order valence-corrected chi connectivity index (χ1v) is 16.1. The second kappa shape index (κ2) is 13.2. The largest absolute Gasteiger partial charge is 0.462 e. The number of aliphatic hydroxyl groups is 1. The smallest absolute Gasteiger partial charge is 0.323 e. The summed E-state index contributed by atoms with van der Waals surface area (Å²) in [5.74, 6) is -2.28. The van der Waals surface area contributed by atoms with Crippen LogP contribution < -0.4 is 9.61 Å². The molecule has 10 nitrogen and oxygen atoms in total. The average molecular weight is 665 g/mol. The molecule has 0 spiro atoms. The van der Waals surface area contributed by atoms with Crippen LogP contribution in [-0.4, -0.2) is 76.9 Å². The van der Waals surface area contributed by atoms with Gasteiger partial charge in [-0.2, -0.15) is 0 Å². The van der Waals surface area contributed by atoms with Crippen LogP contribution in [0, 0.1) is 0 Å². The fourth-order valence-electron chi connectivity index (χ4n) is 4.42. The SMILES string of the molecule is CC(C)OC(=O)[C@H](C)NP(=S)(OC[C@@]1(C(F)F)O[C@@H](N2C=C(Cl)C(=O)CC2=O)[C@H](F)[C@@H]1O)Oc1ccc2ccccc2c1. The van der Waals surface area contributed by atoms with Crippen LogP contribution in [0.5, 0.6) is 5.75 Å². The molecule has 234 valence electrons. The van der Waals surface area contributed by atoms with Gasteiger partial charge in [-0.05, 0) is 55.5 Å². The van der Waals surface area contributed by atoms with E-state index in [1.807, 2.05) is 12.1 Å². The summed E-state index contributed by atoms with van der Waals surface area (Å²) < 4.78 is 66.7. The number of alkyl halides is 3. The van der Waals surface area contributed by atoms with Crippen molar-refractivity contribution in [3.05, 3.63) is 53.7 Å². The summed E-state index contributed by atoms with van der Waals surface area (Å²) in [5.41, 5.74) is -3.04. The van der Waals surface area contributed by atoms with E-state index in [2.05, 4.69) is 5.09 Å². The van der Waals surface area contributed by atoms with Crippen LogP contribution in [0.3, 0.4) is 0 Å². The van der Waals surface area contributed by atoms with Crippen LogP contribution in [0.25, 0.3) is 10.8 Å². The number of allylic oxidation sites excluding steroid dienone is 1. The standard InChI is InChI=1S/C27H29ClF3N2O8PS/c1-14(2)39-25(37)15(3)32-42(43,41-18-9-8-16-6-4-5-7-17(16)10-18)38-13-27(26(30)31)23(36)22(29)24(40-27)33-12-19(28)20(34)11-21(33)35/h4-10,12,14-15,22-24,26,36H,11,13H2,1-3H3,(H,32,43)/t15-,22+,23-,24+,27+,42?/m0/s1. The van der Waals surface area contributed by atoms with Gasteiger partial charge in [-0.15, -0.1) is 0 Å². The molecule has 1 amide bonds. The van der Waals surface area contributed by atoms with Crippen molar-refractivity contribution < 1.29 is 51.2 Å². The Morgan fingerprint density at radius 1 is 1.23 bits per heavy atom. The van der Waals surface area contributed by atoms with Gasteiger partial charge in [-0.25, -0.2) is 18.3 Å². The van der Waals surface area contributed by atoms with E-state index in [0.29, 0.717) is 4.90 Å². The first-order chi connectivity index (χ1) is 20.2. The molecule has 0 radical (unpaired) electrons. The van der Waals surface area contributed by atoms with E-state index in [1.165, 1.54) is 6.92 Å². The number of benzene rings is 2. The summed E-state index contributed by atoms with van der Waals surface area (Å²) in [6.07, 6.45) is -11.1. The number of nitrogens with zero attached hydrogens (tertiary/aromatic N) is 1. The minimum absolute atomic E-state index is 0.169. The van der Waals surface area contributed by atoms with Crippen molar-refractivity contribution >= 4 is 58.5 Å². The van der Waals surface area contributed by atoms with Gasteiger partial charge >= 0.3 is 12.6 Å². The summed E-state index contributed by atoms with van der Waals surface area (Å²) in [6.45, 7) is -0.521. The van der Waals surface area contributed by atoms with E-state index in [0.717, 1.165) is 17.0 Å². The number of carbonyl (C=O) groups excluding carboxylic acids is 3. The van der Waals surface area contributed by atoms with Gasteiger partial charge in [0, 0.05) is 6.20 Å². The summed E-state index contributed by atoms with van der Waals surface area (Å²) >= 11 is 11.4. The molecule has 1 unspecified atom stereocenters. The molecule has 0 bridgehead atoms. The lowest BCUT2D eigenvalue weighted by molar-refractivity contribution is -0.199. The van der Waals surface area contributed by atoms with E-state index in [4.69, 9.17) is 41.9 Å². The minimum atomic E-state index is -3.96. The summed E-state index contributed by atoms with van der Waals surface area (Å²) in [7, 11) is 0. The molecule has 0 aliphatic carbocycles. The topological polar surface area (TPSA) is 124 Å². The van der Waals surface area contributed by atoms with Crippen molar-refractivity contribution in [2.75, 3.05) is 6.61 Å². The molecule has 1 saturated heterocycles. The lowest BCUT2D eigenvalue weighted by atomic mass is 9.97. The number of fused-ring (bicyclic) bond motifs is 1. The first kappa shape index (κ1) is 33.3. The maximum Gasteiger partial charge on any atom is 0.323 e. The number of rotatable bonds is 11. The Hall–Kier alpha value is -2.58. The third kappa shape index (κ3) is 7.22. The predicted molar refractivity (Wildman–Crippen MR) is 154 cm³/mol. The van der Waals surface area contributed by atoms with E-state index in [9.17, 15) is 28.3 Å². The molecular weight excluding hydrogens is 636 g/mol. The number of aliphatic hydroxyl groups excluding tert-OH is 1. The van der Waals surface area contributed by atoms with Crippen molar-refractivity contribution in [1.82, 2.24) is 9.99 Å².